The van der Waals surface area contributed by atoms with Crippen molar-refractivity contribution in [2.75, 3.05) is 0 Å². The van der Waals surface area contributed by atoms with E-state index < -0.39 is 8.07 Å². The molecule has 3 aromatic carbocycles. The average Bonchev–Trinajstić information content (AvgIpc) is 3.05. The predicted molar refractivity (Wildman–Crippen MR) is 110 cm³/mol. The summed E-state index contributed by atoms with van der Waals surface area (Å²) in [5.41, 5.74) is 1.35. The van der Waals surface area contributed by atoms with Crippen LogP contribution < -0.4 is 52.8 Å². The van der Waals surface area contributed by atoms with Gasteiger partial charge in [0.2, 0.25) is 0 Å². The molecule has 0 aromatic heterocycles. The van der Waals surface area contributed by atoms with Gasteiger partial charge in [0.05, 0.1) is 0 Å². The molecular weight excluding hydrogens is 471 g/mol. The van der Waals surface area contributed by atoms with Gasteiger partial charge in [-0.3, -0.25) is 0 Å². The van der Waals surface area contributed by atoms with Gasteiger partial charge in [-0.1, -0.05) is 0 Å². The summed E-state index contributed by atoms with van der Waals surface area (Å²) in [6, 6.07) is 33.4. The minimum Gasteiger partial charge on any atom is -1.00 e. The molecule has 29 heavy (non-hydrogen) atoms. The molecule has 0 N–H and O–H groups in total. The van der Waals surface area contributed by atoms with Gasteiger partial charge in [-0.15, -0.1) is 0 Å². The number of hydrogen-bond donors (Lipinski definition) is 0. The molecule has 0 aliphatic heterocycles. The molecule has 146 valence electrons. The second-order valence-corrected chi connectivity index (χ2v) is 13.1. The summed E-state index contributed by atoms with van der Waals surface area (Å²) < 4.78 is -0.0128. The van der Waals surface area contributed by atoms with E-state index in [1.165, 1.54) is 21.1 Å². The van der Waals surface area contributed by atoms with Gasteiger partial charge >= 0.3 is 169 Å². The van der Waals surface area contributed by atoms with Crippen LogP contribution in [0, 0.1) is 0 Å². The van der Waals surface area contributed by atoms with Crippen LogP contribution in [0.3, 0.4) is 0 Å². The third-order valence-electron chi connectivity index (χ3n) is 5.31. The Hall–Kier alpha value is -1.06. The molecule has 0 fully saturated rings. The van der Waals surface area contributed by atoms with E-state index in [0.29, 0.717) is 0 Å². The van der Waals surface area contributed by atoms with Crippen molar-refractivity contribution in [3.05, 3.63) is 115 Å². The summed E-state index contributed by atoms with van der Waals surface area (Å²) in [6.45, 7) is 2.21. The van der Waals surface area contributed by atoms with Gasteiger partial charge in [0, 0.05) is 0 Å². The normalized spacial score (nSPS) is 17.4. The topological polar surface area (TPSA) is 0 Å². The maximum atomic E-state index is 2.48. The van der Waals surface area contributed by atoms with Crippen LogP contribution in [-0.4, -0.2) is 8.07 Å². The molecular formula is C24H21Cl3SiTi. The number of allylic oxidation sites excluding steroid dienone is 4. The molecule has 0 bridgehead atoms. The van der Waals surface area contributed by atoms with E-state index in [0.717, 1.165) is 0 Å². The van der Waals surface area contributed by atoms with E-state index in [4.69, 9.17) is 0 Å². The first kappa shape index (κ1) is 26.0. The molecule has 1 atom stereocenters. The second-order valence-electron chi connectivity index (χ2n) is 6.94. The minimum absolute atomic E-state index is 0. The van der Waals surface area contributed by atoms with E-state index in [1.54, 1.807) is 0 Å². The van der Waals surface area contributed by atoms with Gasteiger partial charge in [-0.05, 0) is 0 Å². The van der Waals surface area contributed by atoms with Crippen LogP contribution in [0.4, 0.5) is 0 Å². The maximum absolute atomic E-state index is 2.48. The van der Waals surface area contributed by atoms with E-state index in [9.17, 15) is 0 Å². The van der Waals surface area contributed by atoms with Crippen LogP contribution in [0.15, 0.2) is 115 Å². The van der Waals surface area contributed by atoms with Gasteiger partial charge in [0.15, 0.2) is 0 Å². The van der Waals surface area contributed by atoms with Crippen LogP contribution >= 0.6 is 0 Å². The molecule has 1 aliphatic rings. The summed E-state index contributed by atoms with van der Waals surface area (Å²) >= 11 is 2.42. The van der Waals surface area contributed by atoms with Crippen LogP contribution in [-0.2, 0) is 20.4 Å². The fourth-order valence-corrected chi connectivity index (χ4v) is 12.0. The first-order valence-electron chi connectivity index (χ1n) is 8.97. The molecule has 4 rings (SSSR count). The van der Waals surface area contributed by atoms with Gasteiger partial charge in [0.1, 0.15) is 0 Å². The third kappa shape index (κ3) is 4.51. The standard InChI is InChI=1S/C24H21Si.3ClH.Ti/c1-20-17-18-24(19-20)25(21-11-5-2-6-12-21,22-13-7-3-8-14-22)23-15-9-4-10-16-23;;;;/h2-19H,1H3;3*1H;/q;;;;+3/p-3. The largest absolute Gasteiger partial charge is 1.00 e. The Morgan fingerprint density at radius 2 is 0.966 bits per heavy atom. The van der Waals surface area contributed by atoms with Gasteiger partial charge in [-0.2, -0.15) is 0 Å². The number of hydrogen-bond acceptors (Lipinski definition) is 0. The summed E-state index contributed by atoms with van der Waals surface area (Å²) in [5, 5.41) is 4.36. The Morgan fingerprint density at radius 3 is 1.24 bits per heavy atom. The first-order chi connectivity index (χ1) is 12.7. The molecule has 3 aromatic rings. The Balaban J connectivity index is 0.00000140. The fourth-order valence-electron chi connectivity index (χ4n) is 4.23. The molecule has 0 heterocycles. The molecule has 0 saturated heterocycles. The summed E-state index contributed by atoms with van der Waals surface area (Å²) in [4.78, 5) is 0. The Bertz CT molecular complexity index is 863. The average molecular weight is 492 g/mol. The van der Waals surface area contributed by atoms with Crippen LogP contribution in [0.25, 0.3) is 0 Å². The number of halogens is 3. The van der Waals surface area contributed by atoms with Crippen molar-refractivity contribution < 1.29 is 57.7 Å². The van der Waals surface area contributed by atoms with Crippen molar-refractivity contribution in [3.8, 4) is 0 Å². The summed E-state index contributed by atoms with van der Waals surface area (Å²) in [7, 11) is -2.32. The van der Waals surface area contributed by atoms with Gasteiger partial charge < -0.3 is 37.2 Å². The quantitative estimate of drug-likeness (QED) is 0.253. The fraction of sp³-hybridized carbons (Fsp3) is 0.0833. The summed E-state index contributed by atoms with van der Waals surface area (Å²) in [6.07, 6.45) is 7.20. The SMILES string of the molecule is CC1=C[C]([Ti+3])([Si](c2ccccc2)(c2ccccc2)c2ccccc2)C=C1.[Cl-].[Cl-].[Cl-]. The van der Waals surface area contributed by atoms with Gasteiger partial charge in [-0.25, -0.2) is 0 Å². The smallest absolute Gasteiger partial charge is 1.00 e. The third-order valence-corrected chi connectivity index (χ3v) is 12.7. The second kappa shape index (κ2) is 10.8. The van der Waals surface area contributed by atoms with Crippen LogP contribution in [0.2, 0.25) is 3.34 Å². The molecule has 1 aliphatic carbocycles. The molecule has 1 unspecified atom stereocenters. The van der Waals surface area contributed by atoms with Crippen molar-refractivity contribution in [1.82, 2.24) is 0 Å². The zero-order valence-electron chi connectivity index (χ0n) is 16.0. The molecule has 5 heteroatoms. The number of benzene rings is 3. The van der Waals surface area contributed by atoms with Crippen molar-refractivity contribution >= 4 is 23.6 Å². The van der Waals surface area contributed by atoms with E-state index >= 15 is 0 Å². The monoisotopic (exact) mass is 490 g/mol. The maximum Gasteiger partial charge on any atom is -1.00 e. The van der Waals surface area contributed by atoms with E-state index in [-0.39, 0.29) is 40.6 Å². The molecule has 0 spiro atoms. The van der Waals surface area contributed by atoms with Crippen LogP contribution in [0.1, 0.15) is 6.92 Å². The Kier molecular flexibility index (Phi) is 9.69. The van der Waals surface area contributed by atoms with Crippen molar-refractivity contribution in [2.24, 2.45) is 0 Å². The zero-order valence-corrected chi connectivity index (χ0v) is 20.9. The zero-order chi connectivity index (χ0) is 18.0. The van der Waals surface area contributed by atoms with E-state index in [1.807, 2.05) is 0 Å². The van der Waals surface area contributed by atoms with Crippen molar-refractivity contribution in [1.29, 1.82) is 0 Å². The van der Waals surface area contributed by atoms with E-state index in [2.05, 4.69) is 137 Å². The van der Waals surface area contributed by atoms with Crippen molar-refractivity contribution in [2.45, 2.75) is 10.3 Å². The van der Waals surface area contributed by atoms with Crippen molar-refractivity contribution in [3.63, 3.8) is 0 Å². The summed E-state index contributed by atoms with van der Waals surface area (Å²) in [5.74, 6) is 0. The first-order valence-corrected chi connectivity index (χ1v) is 11.8. The Labute approximate surface area is 205 Å². The van der Waals surface area contributed by atoms with Gasteiger partial charge in [0.25, 0.3) is 0 Å². The predicted octanol–water partition coefficient (Wildman–Crippen LogP) is -5.07. The molecule has 0 saturated carbocycles. The molecule has 0 amide bonds. The molecule has 0 radical (unpaired) electrons. The van der Waals surface area contributed by atoms with Crippen LogP contribution in [0.5, 0.6) is 0 Å². The molecule has 0 nitrogen and oxygen atoms in total. The minimum atomic E-state index is -2.32. The Morgan fingerprint density at radius 1 is 0.621 bits per heavy atom. The number of rotatable bonds is 4.